The highest BCUT2D eigenvalue weighted by Gasteiger charge is 2.20. The molecule has 1 aromatic heterocycles. The number of hydrogen-bond acceptors (Lipinski definition) is 3. The largest absolute Gasteiger partial charge is 0.327 e. The van der Waals surface area contributed by atoms with E-state index in [1.165, 1.54) is 0 Å². The Kier molecular flexibility index (Phi) is 4.84. The molecule has 2 N–H and O–H groups in total. The Balaban J connectivity index is 2.56. The van der Waals surface area contributed by atoms with Gasteiger partial charge in [0.25, 0.3) is 0 Å². The molecule has 1 aromatic rings. The molecule has 4 heteroatoms. The van der Waals surface area contributed by atoms with E-state index in [0.717, 1.165) is 6.42 Å². The lowest BCUT2D eigenvalue weighted by atomic mass is 9.87. The molecule has 4 nitrogen and oxygen atoms in total. The zero-order valence-corrected chi connectivity index (χ0v) is 11.7. The van der Waals surface area contributed by atoms with Gasteiger partial charge >= 0.3 is 0 Å². The molecule has 0 saturated carbocycles. The molecule has 0 aliphatic heterocycles. The molecule has 1 rings (SSSR count). The zero-order chi connectivity index (χ0) is 13.8. The van der Waals surface area contributed by atoms with Gasteiger partial charge in [-0.3, -0.25) is 9.69 Å². The van der Waals surface area contributed by atoms with Crippen LogP contribution in [0.25, 0.3) is 0 Å². The quantitative estimate of drug-likeness (QED) is 0.890. The Morgan fingerprint density at radius 3 is 2.61 bits per heavy atom. The standard InChI is InChI=1S/C14H23N3O/c1-14(2,3)10-11(15)9-13(18)17(4)12-7-5-6-8-16-12/h5-8,11H,9-10,15H2,1-4H3. The summed E-state index contributed by atoms with van der Waals surface area (Å²) in [5.74, 6) is 0.663. The molecule has 0 aliphatic carbocycles. The van der Waals surface area contributed by atoms with Gasteiger partial charge in [-0.2, -0.15) is 0 Å². The maximum atomic E-state index is 12.0. The summed E-state index contributed by atoms with van der Waals surface area (Å²) in [6, 6.07) is 5.39. The van der Waals surface area contributed by atoms with Gasteiger partial charge in [-0.1, -0.05) is 26.8 Å². The van der Waals surface area contributed by atoms with Crippen molar-refractivity contribution in [3.63, 3.8) is 0 Å². The molecule has 100 valence electrons. The maximum absolute atomic E-state index is 12.0. The summed E-state index contributed by atoms with van der Waals surface area (Å²) in [7, 11) is 1.73. The van der Waals surface area contributed by atoms with Gasteiger partial charge in [0.2, 0.25) is 5.91 Å². The van der Waals surface area contributed by atoms with Crippen molar-refractivity contribution in [2.45, 2.75) is 39.7 Å². The second-order valence-corrected chi connectivity index (χ2v) is 5.87. The van der Waals surface area contributed by atoms with Crippen molar-refractivity contribution in [2.24, 2.45) is 11.1 Å². The molecule has 0 aliphatic rings. The van der Waals surface area contributed by atoms with Crippen LogP contribution in [0.4, 0.5) is 5.82 Å². The highest BCUT2D eigenvalue weighted by atomic mass is 16.2. The van der Waals surface area contributed by atoms with E-state index >= 15 is 0 Å². The molecular formula is C14H23N3O. The van der Waals surface area contributed by atoms with Gasteiger partial charge in [0, 0.05) is 25.7 Å². The van der Waals surface area contributed by atoms with Gasteiger partial charge in [-0.15, -0.1) is 0 Å². The molecule has 1 atom stereocenters. The number of aromatic nitrogens is 1. The molecule has 1 heterocycles. The van der Waals surface area contributed by atoms with Gasteiger partial charge in [0.05, 0.1) is 0 Å². The molecule has 0 spiro atoms. The van der Waals surface area contributed by atoms with Crippen LogP contribution in [0.1, 0.15) is 33.6 Å². The minimum atomic E-state index is -0.108. The normalized spacial score (nSPS) is 13.2. The maximum Gasteiger partial charge on any atom is 0.229 e. The van der Waals surface area contributed by atoms with Crippen LogP contribution in [0.5, 0.6) is 0 Å². The first-order chi connectivity index (χ1) is 8.29. The van der Waals surface area contributed by atoms with Gasteiger partial charge in [0.15, 0.2) is 0 Å². The molecule has 1 unspecified atom stereocenters. The summed E-state index contributed by atoms with van der Waals surface area (Å²) in [4.78, 5) is 17.7. The predicted molar refractivity (Wildman–Crippen MR) is 74.3 cm³/mol. The van der Waals surface area contributed by atoms with Crippen molar-refractivity contribution < 1.29 is 4.79 Å². The number of carbonyl (C=O) groups excluding carboxylic acids is 1. The second kappa shape index (κ2) is 5.96. The van der Waals surface area contributed by atoms with Gasteiger partial charge in [0.1, 0.15) is 5.82 Å². The van der Waals surface area contributed by atoms with E-state index in [9.17, 15) is 4.79 Å². The monoisotopic (exact) mass is 249 g/mol. The Labute approximate surface area is 109 Å². The van der Waals surface area contributed by atoms with Crippen molar-refractivity contribution in [2.75, 3.05) is 11.9 Å². The predicted octanol–water partition coefficient (Wildman–Crippen LogP) is 2.20. The lowest BCUT2D eigenvalue weighted by molar-refractivity contribution is -0.118. The van der Waals surface area contributed by atoms with Crippen LogP contribution in [0.2, 0.25) is 0 Å². The van der Waals surface area contributed by atoms with Crippen LogP contribution in [0.3, 0.4) is 0 Å². The van der Waals surface area contributed by atoms with Crippen molar-refractivity contribution in [1.82, 2.24) is 4.98 Å². The van der Waals surface area contributed by atoms with Crippen LogP contribution >= 0.6 is 0 Å². The van der Waals surface area contributed by atoms with Gasteiger partial charge < -0.3 is 5.73 Å². The number of carbonyl (C=O) groups is 1. The third kappa shape index (κ3) is 4.84. The Morgan fingerprint density at radius 2 is 2.11 bits per heavy atom. The summed E-state index contributed by atoms with van der Waals surface area (Å²) in [5, 5.41) is 0. The number of rotatable bonds is 4. The lowest BCUT2D eigenvalue weighted by Gasteiger charge is -2.24. The summed E-state index contributed by atoms with van der Waals surface area (Å²) < 4.78 is 0. The van der Waals surface area contributed by atoms with Crippen LogP contribution in [-0.4, -0.2) is 24.0 Å². The molecule has 0 aromatic carbocycles. The second-order valence-electron chi connectivity index (χ2n) is 5.87. The molecule has 0 radical (unpaired) electrons. The van der Waals surface area contributed by atoms with E-state index < -0.39 is 0 Å². The molecule has 0 fully saturated rings. The van der Waals surface area contributed by atoms with E-state index in [1.54, 1.807) is 18.1 Å². The van der Waals surface area contributed by atoms with E-state index in [0.29, 0.717) is 12.2 Å². The molecule has 0 bridgehead atoms. The number of amides is 1. The Bertz CT molecular complexity index is 384. The first-order valence-corrected chi connectivity index (χ1v) is 6.23. The minimum Gasteiger partial charge on any atom is -0.327 e. The van der Waals surface area contributed by atoms with Crippen LogP contribution < -0.4 is 10.6 Å². The molecule has 0 saturated heterocycles. The van der Waals surface area contributed by atoms with Gasteiger partial charge in [-0.25, -0.2) is 4.98 Å². The molecular weight excluding hydrogens is 226 g/mol. The third-order valence-electron chi connectivity index (χ3n) is 2.68. The number of nitrogens with two attached hydrogens (primary N) is 1. The number of nitrogens with zero attached hydrogens (tertiary/aromatic N) is 2. The number of anilines is 1. The highest BCUT2D eigenvalue weighted by molar-refractivity contribution is 5.92. The van der Waals surface area contributed by atoms with Crippen molar-refractivity contribution >= 4 is 11.7 Å². The van der Waals surface area contributed by atoms with Crippen LogP contribution in [0.15, 0.2) is 24.4 Å². The topological polar surface area (TPSA) is 59.2 Å². The summed E-state index contributed by atoms with van der Waals surface area (Å²) >= 11 is 0. The van der Waals surface area contributed by atoms with E-state index in [-0.39, 0.29) is 17.4 Å². The van der Waals surface area contributed by atoms with Crippen LogP contribution in [0, 0.1) is 5.41 Å². The molecule has 18 heavy (non-hydrogen) atoms. The molecule has 1 amide bonds. The Hall–Kier alpha value is -1.42. The summed E-state index contributed by atoms with van der Waals surface area (Å²) in [6.07, 6.45) is 2.85. The first-order valence-electron chi connectivity index (χ1n) is 6.23. The SMILES string of the molecule is CN(C(=O)CC(N)CC(C)(C)C)c1ccccn1. The van der Waals surface area contributed by atoms with Crippen LogP contribution in [-0.2, 0) is 4.79 Å². The fourth-order valence-corrected chi connectivity index (χ4v) is 1.90. The average molecular weight is 249 g/mol. The highest BCUT2D eigenvalue weighted by Crippen LogP contribution is 2.21. The summed E-state index contributed by atoms with van der Waals surface area (Å²) in [5.41, 5.74) is 6.15. The van der Waals surface area contributed by atoms with E-state index in [2.05, 4.69) is 25.8 Å². The lowest BCUT2D eigenvalue weighted by Crippen LogP contribution is -2.35. The number of hydrogen-bond donors (Lipinski definition) is 1. The number of pyridine rings is 1. The zero-order valence-electron chi connectivity index (χ0n) is 11.7. The van der Waals surface area contributed by atoms with Gasteiger partial charge in [-0.05, 0) is 24.0 Å². The fourth-order valence-electron chi connectivity index (χ4n) is 1.90. The smallest absolute Gasteiger partial charge is 0.229 e. The van der Waals surface area contributed by atoms with Crippen molar-refractivity contribution in [3.05, 3.63) is 24.4 Å². The average Bonchev–Trinajstić information content (AvgIpc) is 2.26. The first kappa shape index (κ1) is 14.6. The minimum absolute atomic E-state index is 0.00505. The fraction of sp³-hybridized carbons (Fsp3) is 0.571. The van der Waals surface area contributed by atoms with Crippen molar-refractivity contribution in [3.8, 4) is 0 Å². The van der Waals surface area contributed by atoms with Crippen molar-refractivity contribution in [1.29, 1.82) is 0 Å². The van der Waals surface area contributed by atoms with E-state index in [1.807, 2.05) is 18.2 Å². The Morgan fingerprint density at radius 1 is 1.44 bits per heavy atom. The van der Waals surface area contributed by atoms with E-state index in [4.69, 9.17) is 5.73 Å². The summed E-state index contributed by atoms with van der Waals surface area (Å²) in [6.45, 7) is 6.37. The third-order valence-corrected chi connectivity index (χ3v) is 2.68.